The molecule has 0 radical (unpaired) electrons. The van der Waals surface area contributed by atoms with Crippen molar-refractivity contribution in [3.05, 3.63) is 0 Å². The van der Waals surface area contributed by atoms with Crippen molar-refractivity contribution in [2.24, 2.45) is 11.7 Å². The van der Waals surface area contributed by atoms with Crippen LogP contribution in [0.4, 0.5) is 0 Å². The van der Waals surface area contributed by atoms with Gasteiger partial charge in [-0.3, -0.25) is 4.79 Å². The molecular weight excluding hydrogens is 192 g/mol. The lowest BCUT2D eigenvalue weighted by atomic mass is 10.0. The zero-order chi connectivity index (χ0) is 11.3. The molecule has 0 aromatic carbocycles. The average Bonchev–Trinajstić information content (AvgIpc) is 2.66. The number of hydrogen-bond donors (Lipinski definition) is 1. The zero-order valence-corrected chi connectivity index (χ0v) is 9.74. The summed E-state index contributed by atoms with van der Waals surface area (Å²) in [4.78, 5) is 13.6. The van der Waals surface area contributed by atoms with Crippen molar-refractivity contribution in [2.45, 2.75) is 32.7 Å². The van der Waals surface area contributed by atoms with Crippen LogP contribution in [-0.2, 0) is 9.53 Å². The molecule has 4 heteroatoms. The number of nitrogens with zero attached hydrogens (tertiary/aromatic N) is 1. The van der Waals surface area contributed by atoms with Crippen molar-refractivity contribution in [3.8, 4) is 0 Å². The monoisotopic (exact) mass is 214 g/mol. The van der Waals surface area contributed by atoms with Gasteiger partial charge >= 0.3 is 0 Å². The van der Waals surface area contributed by atoms with E-state index >= 15 is 0 Å². The largest absolute Gasteiger partial charge is 0.381 e. The maximum Gasteiger partial charge on any atom is 0.224 e. The van der Waals surface area contributed by atoms with Crippen LogP contribution in [0.3, 0.4) is 0 Å². The molecule has 1 heterocycles. The number of rotatable bonds is 5. The SMILES string of the molecule is CCOCCC(=O)N1CCC(C(C)N)C1. The minimum Gasteiger partial charge on any atom is -0.381 e. The molecule has 0 saturated carbocycles. The topological polar surface area (TPSA) is 55.6 Å². The van der Waals surface area contributed by atoms with Crippen LogP contribution in [-0.4, -0.2) is 43.2 Å². The van der Waals surface area contributed by atoms with E-state index in [1.165, 1.54) is 0 Å². The van der Waals surface area contributed by atoms with Gasteiger partial charge in [-0.25, -0.2) is 0 Å². The molecule has 2 N–H and O–H groups in total. The van der Waals surface area contributed by atoms with Gasteiger partial charge in [-0.2, -0.15) is 0 Å². The summed E-state index contributed by atoms with van der Waals surface area (Å²) in [6, 6.07) is 0.190. The van der Waals surface area contributed by atoms with E-state index in [9.17, 15) is 4.79 Å². The highest BCUT2D eigenvalue weighted by atomic mass is 16.5. The standard InChI is InChI=1S/C11H22N2O2/c1-3-15-7-5-11(14)13-6-4-10(8-13)9(2)12/h9-10H,3-8,12H2,1-2H3. The molecule has 15 heavy (non-hydrogen) atoms. The summed E-state index contributed by atoms with van der Waals surface area (Å²) in [5.41, 5.74) is 5.82. The van der Waals surface area contributed by atoms with Gasteiger partial charge in [0, 0.05) is 25.7 Å². The molecule has 0 bridgehead atoms. The van der Waals surface area contributed by atoms with Crippen LogP contribution in [0, 0.1) is 5.92 Å². The third-order valence-corrected chi connectivity index (χ3v) is 2.99. The van der Waals surface area contributed by atoms with Gasteiger partial charge in [0.25, 0.3) is 0 Å². The molecule has 1 fully saturated rings. The first-order valence-corrected chi connectivity index (χ1v) is 5.76. The van der Waals surface area contributed by atoms with Crippen LogP contribution in [0.5, 0.6) is 0 Å². The zero-order valence-electron chi connectivity index (χ0n) is 9.74. The molecule has 4 nitrogen and oxygen atoms in total. The predicted octanol–water partition coefficient (Wildman–Crippen LogP) is 0.609. The van der Waals surface area contributed by atoms with Crippen LogP contribution in [0.2, 0.25) is 0 Å². The van der Waals surface area contributed by atoms with Crippen LogP contribution < -0.4 is 5.73 Å². The van der Waals surface area contributed by atoms with E-state index in [-0.39, 0.29) is 11.9 Å². The molecule has 0 aromatic rings. The summed E-state index contributed by atoms with van der Waals surface area (Å²) < 4.78 is 5.17. The second-order valence-corrected chi connectivity index (χ2v) is 4.19. The fourth-order valence-corrected chi connectivity index (χ4v) is 1.90. The van der Waals surface area contributed by atoms with E-state index in [1.807, 2.05) is 18.7 Å². The van der Waals surface area contributed by atoms with Gasteiger partial charge in [0.1, 0.15) is 0 Å². The summed E-state index contributed by atoms with van der Waals surface area (Å²) in [5, 5.41) is 0. The van der Waals surface area contributed by atoms with Gasteiger partial charge in [0.2, 0.25) is 5.91 Å². The fraction of sp³-hybridized carbons (Fsp3) is 0.909. The van der Waals surface area contributed by atoms with Gasteiger partial charge in [0.15, 0.2) is 0 Å². The summed E-state index contributed by atoms with van der Waals surface area (Å²) in [6.45, 7) is 6.84. The molecule has 1 amide bonds. The molecule has 1 rings (SSSR count). The van der Waals surface area contributed by atoms with Crippen molar-refractivity contribution >= 4 is 5.91 Å². The molecule has 1 saturated heterocycles. The van der Waals surface area contributed by atoms with Crippen LogP contribution in [0.15, 0.2) is 0 Å². The first-order valence-electron chi connectivity index (χ1n) is 5.76. The Balaban J connectivity index is 2.24. The fourth-order valence-electron chi connectivity index (χ4n) is 1.90. The number of carbonyl (C=O) groups is 1. The number of hydrogen-bond acceptors (Lipinski definition) is 3. The Hall–Kier alpha value is -0.610. The lowest BCUT2D eigenvalue weighted by Crippen LogP contribution is -2.33. The van der Waals surface area contributed by atoms with Crippen molar-refractivity contribution in [2.75, 3.05) is 26.3 Å². The maximum atomic E-state index is 11.7. The van der Waals surface area contributed by atoms with Crippen LogP contribution in [0.25, 0.3) is 0 Å². The lowest BCUT2D eigenvalue weighted by Gasteiger charge is -2.18. The summed E-state index contributed by atoms with van der Waals surface area (Å²) in [5.74, 6) is 0.674. The quantitative estimate of drug-likeness (QED) is 0.682. The summed E-state index contributed by atoms with van der Waals surface area (Å²) in [7, 11) is 0. The Bertz CT molecular complexity index is 207. The Morgan fingerprint density at radius 1 is 1.67 bits per heavy atom. The Morgan fingerprint density at radius 3 is 2.93 bits per heavy atom. The Labute approximate surface area is 91.8 Å². The van der Waals surface area contributed by atoms with Crippen LogP contribution >= 0.6 is 0 Å². The summed E-state index contributed by atoms with van der Waals surface area (Å²) in [6.07, 6.45) is 1.54. The van der Waals surface area contributed by atoms with E-state index in [0.29, 0.717) is 25.6 Å². The highest BCUT2D eigenvalue weighted by Crippen LogP contribution is 2.19. The third-order valence-electron chi connectivity index (χ3n) is 2.99. The van der Waals surface area contributed by atoms with Crippen LogP contribution in [0.1, 0.15) is 26.7 Å². The summed E-state index contributed by atoms with van der Waals surface area (Å²) >= 11 is 0. The van der Waals surface area contributed by atoms with Gasteiger partial charge in [-0.15, -0.1) is 0 Å². The first kappa shape index (κ1) is 12.5. The highest BCUT2D eigenvalue weighted by molar-refractivity contribution is 5.76. The van der Waals surface area contributed by atoms with Gasteiger partial charge in [-0.05, 0) is 26.2 Å². The number of amides is 1. The Morgan fingerprint density at radius 2 is 2.40 bits per heavy atom. The molecule has 1 aliphatic heterocycles. The highest BCUT2D eigenvalue weighted by Gasteiger charge is 2.27. The molecule has 2 unspecified atom stereocenters. The van der Waals surface area contributed by atoms with Crippen molar-refractivity contribution in [1.82, 2.24) is 4.90 Å². The van der Waals surface area contributed by atoms with Gasteiger partial charge in [0.05, 0.1) is 13.0 Å². The predicted molar refractivity (Wildman–Crippen MR) is 59.4 cm³/mol. The smallest absolute Gasteiger partial charge is 0.224 e. The molecule has 0 aliphatic carbocycles. The second-order valence-electron chi connectivity index (χ2n) is 4.19. The van der Waals surface area contributed by atoms with E-state index in [0.717, 1.165) is 19.5 Å². The second kappa shape index (κ2) is 6.08. The minimum absolute atomic E-state index is 0.190. The molecule has 0 aromatic heterocycles. The minimum atomic E-state index is 0.190. The molecule has 0 spiro atoms. The van der Waals surface area contributed by atoms with E-state index in [2.05, 4.69) is 0 Å². The third kappa shape index (κ3) is 3.80. The average molecular weight is 214 g/mol. The normalized spacial score (nSPS) is 23.1. The number of carbonyl (C=O) groups excluding carboxylic acids is 1. The molecular formula is C11H22N2O2. The van der Waals surface area contributed by atoms with Crippen molar-refractivity contribution in [3.63, 3.8) is 0 Å². The Kier molecular flexibility index (Phi) is 5.05. The van der Waals surface area contributed by atoms with Gasteiger partial charge < -0.3 is 15.4 Å². The molecule has 2 atom stereocenters. The lowest BCUT2D eigenvalue weighted by molar-refractivity contribution is -0.131. The maximum absolute atomic E-state index is 11.7. The number of likely N-dealkylation sites (tertiary alicyclic amines) is 1. The van der Waals surface area contributed by atoms with E-state index in [4.69, 9.17) is 10.5 Å². The first-order chi connectivity index (χ1) is 7.15. The van der Waals surface area contributed by atoms with E-state index < -0.39 is 0 Å². The molecule has 1 aliphatic rings. The molecule has 88 valence electrons. The number of nitrogens with two attached hydrogens (primary N) is 1. The van der Waals surface area contributed by atoms with Crippen molar-refractivity contribution < 1.29 is 9.53 Å². The van der Waals surface area contributed by atoms with E-state index in [1.54, 1.807) is 0 Å². The van der Waals surface area contributed by atoms with Gasteiger partial charge in [-0.1, -0.05) is 0 Å². The number of ether oxygens (including phenoxy) is 1. The van der Waals surface area contributed by atoms with Crippen molar-refractivity contribution in [1.29, 1.82) is 0 Å².